The maximum atomic E-state index is 13.0. The summed E-state index contributed by atoms with van der Waals surface area (Å²) in [7, 11) is 0. The normalized spacial score (nSPS) is 15.6. The number of aromatic nitrogens is 3. The molecule has 0 spiro atoms. The van der Waals surface area contributed by atoms with Crippen molar-refractivity contribution in [2.24, 2.45) is 0 Å². The highest BCUT2D eigenvalue weighted by Gasteiger charge is 2.28. The maximum Gasteiger partial charge on any atom is 0.274 e. The molecule has 0 bridgehead atoms. The summed E-state index contributed by atoms with van der Waals surface area (Å²) in [6.45, 7) is 1.82. The van der Waals surface area contributed by atoms with Crippen molar-refractivity contribution in [3.8, 4) is 0 Å². The fourth-order valence-corrected chi connectivity index (χ4v) is 5.23. The molecule has 1 aliphatic heterocycles. The van der Waals surface area contributed by atoms with E-state index in [0.29, 0.717) is 10.8 Å². The van der Waals surface area contributed by atoms with Gasteiger partial charge in [0, 0.05) is 42.7 Å². The molecule has 1 fully saturated rings. The van der Waals surface area contributed by atoms with Crippen LogP contribution in [0.4, 0.5) is 10.8 Å². The molecular formula is C26H27N5OS. The number of hydrogen-bond donors (Lipinski definition) is 1. The van der Waals surface area contributed by atoms with E-state index >= 15 is 0 Å². The summed E-state index contributed by atoms with van der Waals surface area (Å²) in [5, 5.41) is 5.74. The van der Waals surface area contributed by atoms with Crippen LogP contribution in [0.5, 0.6) is 0 Å². The van der Waals surface area contributed by atoms with E-state index in [9.17, 15) is 4.79 Å². The van der Waals surface area contributed by atoms with Gasteiger partial charge in [-0.05, 0) is 67.6 Å². The predicted molar refractivity (Wildman–Crippen MR) is 133 cm³/mol. The number of nitrogens with one attached hydrogen (secondary N) is 1. The second-order valence-corrected chi connectivity index (χ2v) is 9.12. The molecule has 1 atom stereocenters. The second kappa shape index (κ2) is 10.0. The van der Waals surface area contributed by atoms with Crippen LogP contribution in [0.3, 0.4) is 0 Å². The molecule has 0 saturated carbocycles. The average Bonchev–Trinajstić information content (AvgIpc) is 3.61. The number of aryl methyl sites for hydroxylation is 2. The van der Waals surface area contributed by atoms with Crippen molar-refractivity contribution in [1.82, 2.24) is 14.5 Å². The Labute approximate surface area is 197 Å². The fourth-order valence-electron chi connectivity index (χ4n) is 4.48. The number of nitrogens with zero attached hydrogens (tertiary/aromatic N) is 4. The number of thiazole rings is 1. The Morgan fingerprint density at radius 3 is 2.79 bits per heavy atom. The van der Waals surface area contributed by atoms with Crippen molar-refractivity contribution in [2.75, 3.05) is 16.8 Å². The van der Waals surface area contributed by atoms with Gasteiger partial charge in [0.15, 0.2) is 5.13 Å². The van der Waals surface area contributed by atoms with Crippen molar-refractivity contribution in [2.45, 2.75) is 38.3 Å². The minimum Gasteiger partial charge on any atom is -0.363 e. The molecule has 1 aliphatic rings. The molecule has 0 aliphatic carbocycles. The van der Waals surface area contributed by atoms with Gasteiger partial charge in [-0.2, -0.15) is 0 Å². The third-order valence-corrected chi connectivity index (χ3v) is 6.88. The van der Waals surface area contributed by atoms with E-state index in [-0.39, 0.29) is 11.9 Å². The summed E-state index contributed by atoms with van der Waals surface area (Å²) < 4.78 is 2.01. The number of anilines is 2. The molecule has 1 amide bonds. The molecule has 1 aromatic carbocycles. The van der Waals surface area contributed by atoms with Crippen molar-refractivity contribution in [3.63, 3.8) is 0 Å². The minimum atomic E-state index is -0.115. The number of amides is 1. The topological polar surface area (TPSA) is 63.1 Å². The molecule has 1 saturated heterocycles. The number of hydrogen-bond acceptors (Lipinski definition) is 5. The van der Waals surface area contributed by atoms with Crippen LogP contribution >= 0.6 is 11.3 Å². The van der Waals surface area contributed by atoms with Crippen molar-refractivity contribution < 1.29 is 4.79 Å². The lowest BCUT2D eigenvalue weighted by molar-refractivity contribution is 0.101. The van der Waals surface area contributed by atoms with Crippen molar-refractivity contribution in [3.05, 3.63) is 95.5 Å². The Morgan fingerprint density at radius 2 is 1.94 bits per heavy atom. The van der Waals surface area contributed by atoms with Gasteiger partial charge in [0.25, 0.3) is 5.91 Å². The Morgan fingerprint density at radius 1 is 1.09 bits per heavy atom. The van der Waals surface area contributed by atoms with Gasteiger partial charge < -0.3 is 9.47 Å². The number of pyridine rings is 1. The van der Waals surface area contributed by atoms with E-state index in [1.165, 1.54) is 22.6 Å². The number of benzene rings is 1. The molecule has 168 valence electrons. The third kappa shape index (κ3) is 4.98. The molecule has 0 unspecified atom stereocenters. The zero-order valence-corrected chi connectivity index (χ0v) is 19.2. The first-order valence-corrected chi connectivity index (χ1v) is 12.3. The van der Waals surface area contributed by atoms with Gasteiger partial charge in [-0.15, -0.1) is 11.3 Å². The molecule has 5 rings (SSSR count). The fraction of sp³-hybridized carbons (Fsp3) is 0.269. The maximum absolute atomic E-state index is 13.0. The quantitative estimate of drug-likeness (QED) is 0.376. The number of rotatable bonds is 8. The molecule has 0 radical (unpaired) electrons. The van der Waals surface area contributed by atoms with Crippen LogP contribution in [-0.4, -0.2) is 27.0 Å². The molecule has 1 N–H and O–H groups in total. The Balaban J connectivity index is 1.21. The lowest BCUT2D eigenvalue weighted by Gasteiger charge is -2.25. The van der Waals surface area contributed by atoms with Crippen LogP contribution in [0.1, 0.15) is 47.1 Å². The molecule has 4 heterocycles. The van der Waals surface area contributed by atoms with Crippen LogP contribution in [0.2, 0.25) is 0 Å². The first kappa shape index (κ1) is 21.4. The summed E-state index contributed by atoms with van der Waals surface area (Å²) in [6, 6.07) is 18.6. The lowest BCUT2D eigenvalue weighted by atomic mass is 10.1. The third-order valence-electron chi connectivity index (χ3n) is 6.10. The molecule has 6 nitrogen and oxygen atoms in total. The highest BCUT2D eigenvalue weighted by molar-refractivity contribution is 7.14. The Bertz CT molecular complexity index is 1190. The van der Waals surface area contributed by atoms with Gasteiger partial charge in [-0.1, -0.05) is 18.2 Å². The molecule has 7 heteroatoms. The summed E-state index contributed by atoms with van der Waals surface area (Å²) in [6.07, 6.45) is 9.73. The zero-order chi connectivity index (χ0) is 22.5. The van der Waals surface area contributed by atoms with E-state index in [2.05, 4.69) is 44.8 Å². The van der Waals surface area contributed by atoms with Crippen molar-refractivity contribution >= 4 is 28.1 Å². The molecular weight excluding hydrogens is 430 g/mol. The highest BCUT2D eigenvalue weighted by atomic mass is 32.1. The van der Waals surface area contributed by atoms with Crippen molar-refractivity contribution in [1.29, 1.82) is 0 Å². The number of para-hydroxylation sites is 1. The van der Waals surface area contributed by atoms with E-state index < -0.39 is 0 Å². The number of carbonyl (C=O) groups is 1. The lowest BCUT2D eigenvalue weighted by Crippen LogP contribution is -2.22. The minimum absolute atomic E-state index is 0.115. The van der Waals surface area contributed by atoms with Gasteiger partial charge in [-0.3, -0.25) is 15.1 Å². The Hall–Kier alpha value is -3.45. The average molecular weight is 458 g/mol. The van der Waals surface area contributed by atoms with E-state index in [1.807, 2.05) is 53.5 Å². The highest BCUT2D eigenvalue weighted by Crippen LogP contribution is 2.37. The van der Waals surface area contributed by atoms with Gasteiger partial charge in [0.2, 0.25) is 0 Å². The zero-order valence-electron chi connectivity index (χ0n) is 18.4. The van der Waals surface area contributed by atoms with Gasteiger partial charge in [0.05, 0.1) is 11.7 Å². The molecule has 3 aromatic heterocycles. The summed E-state index contributed by atoms with van der Waals surface area (Å²) in [5.74, 6) is -0.115. The van der Waals surface area contributed by atoms with Gasteiger partial charge in [0.1, 0.15) is 5.69 Å². The van der Waals surface area contributed by atoms with Gasteiger partial charge in [-0.25, -0.2) is 4.98 Å². The van der Waals surface area contributed by atoms with E-state index in [0.717, 1.165) is 44.5 Å². The monoisotopic (exact) mass is 457 g/mol. The summed E-state index contributed by atoms with van der Waals surface area (Å²) in [4.78, 5) is 24.2. The smallest absolute Gasteiger partial charge is 0.274 e. The van der Waals surface area contributed by atoms with Crippen LogP contribution in [0.25, 0.3) is 0 Å². The molecule has 4 aromatic rings. The van der Waals surface area contributed by atoms with E-state index in [4.69, 9.17) is 4.98 Å². The van der Waals surface area contributed by atoms with Crippen LogP contribution in [0.15, 0.2) is 78.6 Å². The first-order chi connectivity index (χ1) is 16.3. The van der Waals surface area contributed by atoms with Crippen LogP contribution in [-0.2, 0) is 13.0 Å². The van der Waals surface area contributed by atoms with Crippen LogP contribution < -0.4 is 10.2 Å². The summed E-state index contributed by atoms with van der Waals surface area (Å²) >= 11 is 1.50. The Kier molecular flexibility index (Phi) is 6.48. The second-order valence-electron chi connectivity index (χ2n) is 8.26. The van der Waals surface area contributed by atoms with Gasteiger partial charge >= 0.3 is 0 Å². The SMILES string of the molecule is O=C(Nc1nc([C@@H]2CCCN2c2ccccc2)cs1)c1cccn1CCCc1ccncc1. The molecule has 33 heavy (non-hydrogen) atoms. The van der Waals surface area contributed by atoms with E-state index in [1.54, 1.807) is 0 Å². The standard InChI is InChI=1S/C26H27N5OS/c32-25(24-11-5-17-30(24)16-4-7-20-12-14-27-15-13-20)29-26-28-22(19-33-26)23-10-6-18-31(23)21-8-2-1-3-9-21/h1-3,5,8-9,11-15,17,19,23H,4,6-7,10,16,18H2,(H,28,29,32)/t23-/m0/s1. The largest absolute Gasteiger partial charge is 0.363 e. The predicted octanol–water partition coefficient (Wildman–Crippen LogP) is 5.57. The summed E-state index contributed by atoms with van der Waals surface area (Å²) in [5.41, 5.74) is 4.18. The number of carbonyl (C=O) groups excluding carboxylic acids is 1. The first-order valence-electron chi connectivity index (χ1n) is 11.4. The van der Waals surface area contributed by atoms with Crippen LogP contribution in [0, 0.1) is 0 Å².